The number of hydrogen-bond acceptors (Lipinski definition) is 5. The largest absolute Gasteiger partial charge is 0.495 e. The van der Waals surface area contributed by atoms with Crippen LogP contribution in [0.4, 0.5) is 11.4 Å². The number of anilines is 2. The van der Waals surface area contributed by atoms with Crippen LogP contribution in [-0.4, -0.2) is 13.0 Å². The van der Waals surface area contributed by atoms with Crippen LogP contribution in [0.25, 0.3) is 0 Å². The number of rotatable bonds is 6. The van der Waals surface area contributed by atoms with E-state index in [-0.39, 0.29) is 5.91 Å². The van der Waals surface area contributed by atoms with E-state index in [1.807, 2.05) is 36.4 Å². The molecule has 0 heterocycles. The molecule has 0 spiro atoms. The number of carbonyl (C=O) groups is 1. The molecular formula is C21H17N3O2S. The van der Waals surface area contributed by atoms with E-state index < -0.39 is 0 Å². The third-order valence-electron chi connectivity index (χ3n) is 3.77. The predicted molar refractivity (Wildman–Crippen MR) is 108 cm³/mol. The van der Waals surface area contributed by atoms with Gasteiger partial charge in [-0.15, -0.1) is 0 Å². The molecule has 0 bridgehead atoms. The molecule has 5 nitrogen and oxygen atoms in total. The summed E-state index contributed by atoms with van der Waals surface area (Å²) in [4.78, 5) is 13.4. The summed E-state index contributed by atoms with van der Waals surface area (Å²) < 4.78 is 8.46. The third kappa shape index (κ3) is 4.81. The van der Waals surface area contributed by atoms with Crippen LogP contribution in [0.15, 0.2) is 77.7 Å². The summed E-state index contributed by atoms with van der Waals surface area (Å²) in [5.74, 6) is 0.411. The summed E-state index contributed by atoms with van der Waals surface area (Å²) in [6, 6.07) is 23.9. The number of hydrogen-bond donors (Lipinski definition) is 2. The Kier molecular flexibility index (Phi) is 5.98. The average molecular weight is 375 g/mol. The van der Waals surface area contributed by atoms with Gasteiger partial charge in [0.1, 0.15) is 5.75 Å². The van der Waals surface area contributed by atoms with E-state index in [1.165, 1.54) is 11.9 Å². The molecule has 2 N–H and O–H groups in total. The number of nitrogens with zero attached hydrogens (tertiary/aromatic N) is 1. The molecule has 6 heteroatoms. The van der Waals surface area contributed by atoms with Crippen LogP contribution in [0.3, 0.4) is 0 Å². The fourth-order valence-electron chi connectivity index (χ4n) is 2.35. The van der Waals surface area contributed by atoms with Crippen molar-refractivity contribution in [2.75, 3.05) is 17.1 Å². The number of nitrogens with one attached hydrogen (secondary N) is 2. The summed E-state index contributed by atoms with van der Waals surface area (Å²) in [5, 5.41) is 11.7. The summed E-state index contributed by atoms with van der Waals surface area (Å²) in [6.07, 6.45) is 0. The second-order valence-corrected chi connectivity index (χ2v) is 6.45. The second-order valence-electron chi connectivity index (χ2n) is 5.57. The van der Waals surface area contributed by atoms with E-state index in [0.717, 1.165) is 10.6 Å². The smallest absolute Gasteiger partial charge is 0.255 e. The third-order valence-corrected chi connectivity index (χ3v) is 4.62. The molecule has 27 heavy (non-hydrogen) atoms. The summed E-state index contributed by atoms with van der Waals surface area (Å²) in [5.41, 5.74) is 2.68. The van der Waals surface area contributed by atoms with Gasteiger partial charge in [-0.25, -0.2) is 0 Å². The van der Waals surface area contributed by atoms with E-state index in [9.17, 15) is 4.79 Å². The van der Waals surface area contributed by atoms with E-state index in [4.69, 9.17) is 10.00 Å². The molecule has 0 aliphatic carbocycles. The molecule has 0 atom stereocenters. The molecule has 0 aliphatic rings. The Morgan fingerprint density at radius 1 is 1.00 bits per heavy atom. The number of ether oxygens (including phenoxy) is 1. The van der Waals surface area contributed by atoms with Crippen molar-refractivity contribution in [3.05, 3.63) is 83.9 Å². The van der Waals surface area contributed by atoms with Gasteiger partial charge in [-0.1, -0.05) is 12.1 Å². The van der Waals surface area contributed by atoms with Crippen molar-refractivity contribution >= 4 is 29.2 Å². The quantitative estimate of drug-likeness (QED) is 0.597. The van der Waals surface area contributed by atoms with Gasteiger partial charge in [-0.2, -0.15) is 5.26 Å². The number of amides is 1. The van der Waals surface area contributed by atoms with Gasteiger partial charge in [0.2, 0.25) is 0 Å². The maximum atomic E-state index is 12.4. The van der Waals surface area contributed by atoms with Crippen molar-refractivity contribution in [3.63, 3.8) is 0 Å². The Bertz CT molecular complexity index is 964. The van der Waals surface area contributed by atoms with Crippen LogP contribution >= 0.6 is 11.9 Å². The molecule has 0 fully saturated rings. The van der Waals surface area contributed by atoms with Crippen LogP contribution < -0.4 is 14.8 Å². The minimum absolute atomic E-state index is 0.203. The van der Waals surface area contributed by atoms with Gasteiger partial charge in [0.15, 0.2) is 0 Å². The highest BCUT2D eigenvalue weighted by Crippen LogP contribution is 2.25. The molecule has 0 saturated carbocycles. The van der Waals surface area contributed by atoms with E-state index in [0.29, 0.717) is 22.6 Å². The molecule has 0 saturated heterocycles. The van der Waals surface area contributed by atoms with E-state index in [1.54, 1.807) is 43.5 Å². The number of para-hydroxylation sites is 2. The van der Waals surface area contributed by atoms with Crippen LogP contribution in [0.2, 0.25) is 0 Å². The molecule has 3 aromatic carbocycles. The van der Waals surface area contributed by atoms with Crippen LogP contribution in [-0.2, 0) is 0 Å². The first kappa shape index (κ1) is 18.4. The van der Waals surface area contributed by atoms with Crippen molar-refractivity contribution < 1.29 is 9.53 Å². The molecule has 0 unspecified atom stereocenters. The van der Waals surface area contributed by atoms with Crippen molar-refractivity contribution in [2.24, 2.45) is 0 Å². The Morgan fingerprint density at radius 3 is 2.37 bits per heavy atom. The van der Waals surface area contributed by atoms with Crippen molar-refractivity contribution in [1.29, 1.82) is 5.26 Å². The highest BCUT2D eigenvalue weighted by Gasteiger charge is 2.09. The van der Waals surface area contributed by atoms with Gasteiger partial charge < -0.3 is 14.8 Å². The number of nitriles is 1. The second kappa shape index (κ2) is 8.79. The molecule has 0 aromatic heterocycles. The lowest BCUT2D eigenvalue weighted by molar-refractivity contribution is 0.102. The average Bonchev–Trinajstić information content (AvgIpc) is 2.73. The Balaban J connectivity index is 1.60. The van der Waals surface area contributed by atoms with Crippen molar-refractivity contribution in [3.8, 4) is 11.8 Å². The van der Waals surface area contributed by atoms with Gasteiger partial charge in [0.05, 0.1) is 24.4 Å². The fourth-order valence-corrected chi connectivity index (χ4v) is 2.99. The van der Waals surface area contributed by atoms with E-state index >= 15 is 0 Å². The molecule has 0 aliphatic heterocycles. The first-order valence-electron chi connectivity index (χ1n) is 8.17. The monoisotopic (exact) mass is 375 g/mol. The minimum Gasteiger partial charge on any atom is -0.495 e. The van der Waals surface area contributed by atoms with Gasteiger partial charge in [0, 0.05) is 16.1 Å². The number of carbonyl (C=O) groups excluding carboxylic acids is 1. The summed E-state index contributed by atoms with van der Waals surface area (Å²) in [7, 11) is 1.57. The molecule has 134 valence electrons. The predicted octanol–water partition coefficient (Wildman–Crippen LogP) is 4.94. The Hall–Kier alpha value is -3.43. The number of benzene rings is 3. The van der Waals surface area contributed by atoms with Gasteiger partial charge in [-0.3, -0.25) is 4.79 Å². The first-order chi connectivity index (χ1) is 13.2. The first-order valence-corrected chi connectivity index (χ1v) is 8.98. The zero-order chi connectivity index (χ0) is 19.1. The normalized spacial score (nSPS) is 9.93. The lowest BCUT2D eigenvalue weighted by Crippen LogP contribution is -2.12. The standard InChI is InChI=1S/C21H17N3O2S/c1-26-20-5-3-2-4-19(20)23-21(25)16-8-10-17(11-9-16)24-27-18-12-6-15(14-22)7-13-18/h2-13,24H,1H3,(H,23,25). The molecule has 1 amide bonds. The zero-order valence-electron chi connectivity index (χ0n) is 14.6. The van der Waals surface area contributed by atoms with Crippen LogP contribution in [0, 0.1) is 11.3 Å². The maximum Gasteiger partial charge on any atom is 0.255 e. The lowest BCUT2D eigenvalue weighted by atomic mass is 10.2. The summed E-state index contributed by atoms with van der Waals surface area (Å²) >= 11 is 1.44. The SMILES string of the molecule is COc1ccccc1NC(=O)c1ccc(NSc2ccc(C#N)cc2)cc1. The zero-order valence-corrected chi connectivity index (χ0v) is 15.4. The van der Waals surface area contributed by atoms with Crippen LogP contribution in [0.5, 0.6) is 5.75 Å². The Labute approximate surface area is 162 Å². The van der Waals surface area contributed by atoms with Gasteiger partial charge in [0.25, 0.3) is 5.91 Å². The lowest BCUT2D eigenvalue weighted by Gasteiger charge is -2.10. The summed E-state index contributed by atoms with van der Waals surface area (Å²) in [6.45, 7) is 0. The molecule has 3 aromatic rings. The topological polar surface area (TPSA) is 74.2 Å². The fraction of sp³-hybridized carbons (Fsp3) is 0.0476. The van der Waals surface area contributed by atoms with E-state index in [2.05, 4.69) is 16.1 Å². The maximum absolute atomic E-state index is 12.4. The highest BCUT2D eigenvalue weighted by molar-refractivity contribution is 8.00. The molecular weight excluding hydrogens is 358 g/mol. The Morgan fingerprint density at radius 2 is 1.70 bits per heavy atom. The van der Waals surface area contributed by atoms with Crippen LogP contribution in [0.1, 0.15) is 15.9 Å². The van der Waals surface area contributed by atoms with Gasteiger partial charge >= 0.3 is 0 Å². The van der Waals surface area contributed by atoms with Crippen molar-refractivity contribution in [1.82, 2.24) is 0 Å². The van der Waals surface area contributed by atoms with Gasteiger partial charge in [-0.05, 0) is 72.6 Å². The highest BCUT2D eigenvalue weighted by atomic mass is 32.2. The molecule has 0 radical (unpaired) electrons. The molecule has 3 rings (SSSR count). The number of methoxy groups -OCH3 is 1. The van der Waals surface area contributed by atoms with Crippen molar-refractivity contribution in [2.45, 2.75) is 4.90 Å². The minimum atomic E-state index is -0.203.